The van der Waals surface area contributed by atoms with Crippen molar-refractivity contribution in [3.63, 3.8) is 0 Å². The highest BCUT2D eigenvalue weighted by Crippen LogP contribution is 2.30. The molecule has 0 spiro atoms. The molecule has 0 aromatic carbocycles. The SMILES string of the molecule is COCC(=O)NCc1cc(=O)n2c(n1)CN(CC1CC1)CCC2.O=C(O)C(F)(F)F. The van der Waals surface area contributed by atoms with E-state index in [-0.39, 0.29) is 24.6 Å². The smallest absolute Gasteiger partial charge is 0.475 e. The van der Waals surface area contributed by atoms with Crippen LogP contribution >= 0.6 is 0 Å². The zero-order chi connectivity index (χ0) is 22.3. The molecule has 1 aliphatic heterocycles. The lowest BCUT2D eigenvalue weighted by atomic mass is 10.3. The molecular weight excluding hydrogens is 409 g/mol. The first-order valence-corrected chi connectivity index (χ1v) is 9.48. The fourth-order valence-corrected chi connectivity index (χ4v) is 2.98. The molecule has 1 aromatic rings. The summed E-state index contributed by atoms with van der Waals surface area (Å²) >= 11 is 0. The molecule has 30 heavy (non-hydrogen) atoms. The summed E-state index contributed by atoms with van der Waals surface area (Å²) in [4.78, 5) is 39.7. The van der Waals surface area contributed by atoms with Gasteiger partial charge in [0.1, 0.15) is 12.4 Å². The van der Waals surface area contributed by atoms with Gasteiger partial charge in [-0.2, -0.15) is 13.2 Å². The largest absolute Gasteiger partial charge is 0.490 e. The summed E-state index contributed by atoms with van der Waals surface area (Å²) in [6, 6.07) is 1.52. The van der Waals surface area contributed by atoms with Crippen molar-refractivity contribution in [3.8, 4) is 0 Å². The second-order valence-corrected chi connectivity index (χ2v) is 7.20. The fourth-order valence-electron chi connectivity index (χ4n) is 2.98. The van der Waals surface area contributed by atoms with Crippen molar-refractivity contribution in [2.45, 2.75) is 45.1 Å². The Hall–Kier alpha value is -2.47. The van der Waals surface area contributed by atoms with Crippen LogP contribution in [0.2, 0.25) is 0 Å². The van der Waals surface area contributed by atoms with Crippen LogP contribution < -0.4 is 10.9 Å². The number of aromatic nitrogens is 2. The van der Waals surface area contributed by atoms with Gasteiger partial charge in [-0.15, -0.1) is 0 Å². The molecule has 1 saturated carbocycles. The van der Waals surface area contributed by atoms with Crippen molar-refractivity contribution in [1.29, 1.82) is 0 Å². The second-order valence-electron chi connectivity index (χ2n) is 7.20. The van der Waals surface area contributed by atoms with Crippen LogP contribution in [-0.4, -0.2) is 64.4 Å². The minimum absolute atomic E-state index is 0.0130. The maximum atomic E-state index is 12.3. The highest BCUT2D eigenvalue weighted by molar-refractivity contribution is 5.77. The van der Waals surface area contributed by atoms with E-state index in [2.05, 4.69) is 15.2 Å². The first-order chi connectivity index (χ1) is 14.1. The Balaban J connectivity index is 0.000000396. The molecule has 168 valence electrons. The minimum Gasteiger partial charge on any atom is -0.475 e. The number of methoxy groups -OCH3 is 1. The standard InChI is InChI=1S/C16H24N4O3.C2HF3O2/c1-23-11-15(21)17-8-13-7-16(22)20-6-2-5-19(9-12-3-4-12)10-14(20)18-13;3-2(4,5)1(6)7/h7,12H,2-6,8-11H2,1H3,(H,17,21);(H,6,7). The lowest BCUT2D eigenvalue weighted by Gasteiger charge is -2.19. The number of halogens is 3. The maximum Gasteiger partial charge on any atom is 0.490 e. The van der Waals surface area contributed by atoms with Crippen LogP contribution in [0.3, 0.4) is 0 Å². The van der Waals surface area contributed by atoms with Crippen LogP contribution in [0.25, 0.3) is 0 Å². The summed E-state index contributed by atoms with van der Waals surface area (Å²) in [7, 11) is 1.47. The minimum atomic E-state index is -5.08. The molecule has 2 N–H and O–H groups in total. The Labute approximate surface area is 170 Å². The molecular formula is C18H25F3N4O5. The number of hydrogen-bond acceptors (Lipinski definition) is 6. The molecule has 1 aliphatic carbocycles. The van der Waals surface area contributed by atoms with Crippen LogP contribution in [0.15, 0.2) is 10.9 Å². The Kier molecular flexibility index (Phi) is 8.35. The third-order valence-electron chi connectivity index (χ3n) is 4.56. The highest BCUT2D eigenvalue weighted by Gasteiger charge is 2.38. The second kappa shape index (κ2) is 10.5. The Morgan fingerprint density at radius 3 is 2.57 bits per heavy atom. The number of ether oxygens (including phenoxy) is 1. The van der Waals surface area contributed by atoms with Crippen LogP contribution in [0.5, 0.6) is 0 Å². The van der Waals surface area contributed by atoms with Crippen molar-refractivity contribution >= 4 is 11.9 Å². The number of carbonyl (C=O) groups excluding carboxylic acids is 1. The molecule has 12 heteroatoms. The van der Waals surface area contributed by atoms with Gasteiger partial charge in [0.25, 0.3) is 5.56 Å². The van der Waals surface area contributed by atoms with Gasteiger partial charge >= 0.3 is 12.1 Å². The predicted molar refractivity (Wildman–Crippen MR) is 98.5 cm³/mol. The molecule has 3 rings (SSSR count). The number of nitrogens with zero attached hydrogens (tertiary/aromatic N) is 3. The van der Waals surface area contributed by atoms with Gasteiger partial charge in [-0.3, -0.25) is 19.1 Å². The van der Waals surface area contributed by atoms with Crippen molar-refractivity contribution < 1.29 is 32.6 Å². The van der Waals surface area contributed by atoms with Gasteiger partial charge in [0, 0.05) is 32.8 Å². The van der Waals surface area contributed by atoms with E-state index in [9.17, 15) is 22.8 Å². The monoisotopic (exact) mass is 434 g/mol. The van der Waals surface area contributed by atoms with E-state index in [1.54, 1.807) is 4.57 Å². The van der Waals surface area contributed by atoms with E-state index < -0.39 is 12.1 Å². The molecule has 0 saturated heterocycles. The molecule has 0 radical (unpaired) electrons. The summed E-state index contributed by atoms with van der Waals surface area (Å²) < 4.78 is 38.3. The number of aliphatic carboxylic acids is 1. The third kappa shape index (κ3) is 7.75. The average Bonchev–Trinajstić information content (AvgIpc) is 3.47. The third-order valence-corrected chi connectivity index (χ3v) is 4.56. The van der Waals surface area contributed by atoms with Gasteiger partial charge in [0.2, 0.25) is 5.91 Å². The number of rotatable bonds is 6. The molecule has 1 aromatic heterocycles. The van der Waals surface area contributed by atoms with Gasteiger partial charge in [-0.05, 0) is 25.2 Å². The number of carbonyl (C=O) groups is 2. The van der Waals surface area contributed by atoms with Crippen molar-refractivity contribution in [2.75, 3.05) is 26.8 Å². The van der Waals surface area contributed by atoms with E-state index >= 15 is 0 Å². The van der Waals surface area contributed by atoms with Gasteiger partial charge in [0.05, 0.1) is 18.8 Å². The summed E-state index contributed by atoms with van der Waals surface area (Å²) in [6.45, 7) is 3.82. The number of fused-ring (bicyclic) bond motifs is 1. The number of alkyl halides is 3. The van der Waals surface area contributed by atoms with Gasteiger partial charge < -0.3 is 15.2 Å². The molecule has 1 fully saturated rings. The zero-order valence-electron chi connectivity index (χ0n) is 16.6. The van der Waals surface area contributed by atoms with E-state index in [1.165, 1.54) is 26.0 Å². The molecule has 0 atom stereocenters. The van der Waals surface area contributed by atoms with Crippen LogP contribution in [-0.2, 0) is 34.0 Å². The molecule has 1 amide bonds. The van der Waals surface area contributed by atoms with E-state index in [0.29, 0.717) is 12.2 Å². The first kappa shape index (κ1) is 23.8. The number of carboxylic acid groups (broad SMARTS) is 1. The summed E-state index contributed by atoms with van der Waals surface area (Å²) in [6.07, 6.45) is -1.46. The molecule has 2 aliphatic rings. The lowest BCUT2D eigenvalue weighted by molar-refractivity contribution is -0.192. The van der Waals surface area contributed by atoms with E-state index in [0.717, 1.165) is 37.8 Å². The summed E-state index contributed by atoms with van der Waals surface area (Å²) in [5, 5.41) is 9.84. The number of amides is 1. The van der Waals surface area contributed by atoms with Crippen molar-refractivity contribution in [2.24, 2.45) is 5.92 Å². The van der Waals surface area contributed by atoms with Crippen molar-refractivity contribution in [3.05, 3.63) is 27.9 Å². The Morgan fingerprint density at radius 2 is 2.00 bits per heavy atom. The number of nitrogens with one attached hydrogen (secondary N) is 1. The highest BCUT2D eigenvalue weighted by atomic mass is 19.4. The van der Waals surface area contributed by atoms with Crippen LogP contribution in [0.4, 0.5) is 13.2 Å². The Bertz CT molecular complexity index is 808. The average molecular weight is 434 g/mol. The summed E-state index contributed by atoms with van der Waals surface area (Å²) in [5.74, 6) is -1.33. The van der Waals surface area contributed by atoms with E-state index in [4.69, 9.17) is 14.6 Å². The number of carboxylic acids is 1. The first-order valence-electron chi connectivity index (χ1n) is 9.48. The normalized spacial score (nSPS) is 16.7. The molecule has 2 heterocycles. The fraction of sp³-hybridized carbons (Fsp3) is 0.667. The summed E-state index contributed by atoms with van der Waals surface area (Å²) in [5.41, 5.74) is 0.582. The lowest BCUT2D eigenvalue weighted by Crippen LogP contribution is -2.31. The van der Waals surface area contributed by atoms with Gasteiger partial charge in [0.15, 0.2) is 0 Å². The number of hydrogen-bond donors (Lipinski definition) is 2. The van der Waals surface area contributed by atoms with Crippen LogP contribution in [0.1, 0.15) is 30.8 Å². The van der Waals surface area contributed by atoms with Gasteiger partial charge in [-0.25, -0.2) is 9.78 Å². The molecule has 0 unspecified atom stereocenters. The topological polar surface area (TPSA) is 114 Å². The van der Waals surface area contributed by atoms with Crippen molar-refractivity contribution in [1.82, 2.24) is 19.8 Å². The molecule has 9 nitrogen and oxygen atoms in total. The van der Waals surface area contributed by atoms with Crippen LogP contribution in [0, 0.1) is 5.92 Å². The predicted octanol–water partition coefficient (Wildman–Crippen LogP) is 0.755. The van der Waals surface area contributed by atoms with E-state index in [1.807, 2.05) is 0 Å². The Morgan fingerprint density at radius 1 is 1.33 bits per heavy atom. The zero-order valence-corrected chi connectivity index (χ0v) is 16.6. The quantitative estimate of drug-likeness (QED) is 0.679. The van der Waals surface area contributed by atoms with Gasteiger partial charge in [-0.1, -0.05) is 0 Å². The maximum absolute atomic E-state index is 12.3. The molecule has 0 bridgehead atoms.